The number of rotatable bonds is 10. The molecule has 0 aromatic carbocycles. The van der Waals surface area contributed by atoms with E-state index in [1.165, 1.54) is 25.7 Å². The van der Waals surface area contributed by atoms with Crippen molar-refractivity contribution in [2.75, 3.05) is 6.61 Å². The Bertz CT molecular complexity index is 193. The van der Waals surface area contributed by atoms with Crippen molar-refractivity contribution >= 4 is 5.97 Å². The highest BCUT2D eigenvalue weighted by Crippen LogP contribution is 2.16. The number of hydrogen-bond acceptors (Lipinski definition) is 3. The first kappa shape index (κ1) is 15.4. The molecule has 0 aromatic rings. The number of aliphatic carboxylic acids is 1. The standard InChI is InChI=1S/C12H24O4/c1-2-3-4-5-6-7-8-9-12(16,10-13)11(14)15/h13,16H,2-10H2,1H3,(H,14,15). The van der Waals surface area contributed by atoms with E-state index in [1.807, 2.05) is 0 Å². The number of unbranched alkanes of at least 4 members (excludes halogenated alkanes) is 6. The fourth-order valence-electron chi connectivity index (χ4n) is 1.63. The van der Waals surface area contributed by atoms with Crippen LogP contribution in [0.4, 0.5) is 0 Å². The van der Waals surface area contributed by atoms with E-state index in [0.29, 0.717) is 6.42 Å². The van der Waals surface area contributed by atoms with Crippen LogP contribution in [0.5, 0.6) is 0 Å². The summed E-state index contributed by atoms with van der Waals surface area (Å²) in [6, 6.07) is 0. The number of hydrogen-bond donors (Lipinski definition) is 3. The zero-order valence-electron chi connectivity index (χ0n) is 10.1. The molecular weight excluding hydrogens is 208 g/mol. The van der Waals surface area contributed by atoms with Gasteiger partial charge in [-0.3, -0.25) is 0 Å². The molecule has 0 aromatic heterocycles. The molecule has 0 aliphatic carbocycles. The Morgan fingerprint density at radius 1 is 1.06 bits per heavy atom. The molecule has 4 nitrogen and oxygen atoms in total. The van der Waals surface area contributed by atoms with Gasteiger partial charge in [-0.2, -0.15) is 0 Å². The van der Waals surface area contributed by atoms with Crippen molar-refractivity contribution in [2.24, 2.45) is 0 Å². The second kappa shape index (κ2) is 8.53. The summed E-state index contributed by atoms with van der Waals surface area (Å²) < 4.78 is 0. The van der Waals surface area contributed by atoms with Crippen molar-refractivity contribution in [3.05, 3.63) is 0 Å². The number of aliphatic hydroxyl groups is 2. The minimum Gasteiger partial charge on any atom is -0.479 e. The lowest BCUT2D eigenvalue weighted by Crippen LogP contribution is -2.42. The molecule has 0 radical (unpaired) electrons. The molecule has 0 bridgehead atoms. The van der Waals surface area contributed by atoms with Crippen molar-refractivity contribution in [1.82, 2.24) is 0 Å². The molecule has 1 unspecified atom stereocenters. The van der Waals surface area contributed by atoms with Gasteiger partial charge < -0.3 is 15.3 Å². The van der Waals surface area contributed by atoms with Gasteiger partial charge in [-0.1, -0.05) is 45.4 Å². The molecular formula is C12H24O4. The summed E-state index contributed by atoms with van der Waals surface area (Å²) in [5, 5.41) is 27.0. The van der Waals surface area contributed by atoms with Gasteiger partial charge in [0.05, 0.1) is 6.61 Å². The van der Waals surface area contributed by atoms with Crippen LogP contribution < -0.4 is 0 Å². The highest BCUT2D eigenvalue weighted by Gasteiger charge is 2.34. The van der Waals surface area contributed by atoms with E-state index in [0.717, 1.165) is 12.8 Å². The summed E-state index contributed by atoms with van der Waals surface area (Å²) in [4.78, 5) is 10.6. The van der Waals surface area contributed by atoms with E-state index < -0.39 is 18.2 Å². The second-order valence-corrected chi connectivity index (χ2v) is 4.37. The molecule has 0 saturated carbocycles. The van der Waals surface area contributed by atoms with Gasteiger partial charge in [0.25, 0.3) is 0 Å². The Labute approximate surface area is 97.3 Å². The maximum absolute atomic E-state index is 10.6. The van der Waals surface area contributed by atoms with Crippen LogP contribution in [0.1, 0.15) is 58.3 Å². The Hall–Kier alpha value is -0.610. The van der Waals surface area contributed by atoms with E-state index in [9.17, 15) is 9.90 Å². The fourth-order valence-corrected chi connectivity index (χ4v) is 1.63. The second-order valence-electron chi connectivity index (χ2n) is 4.37. The highest BCUT2D eigenvalue weighted by molar-refractivity contribution is 5.77. The molecule has 0 heterocycles. The molecule has 16 heavy (non-hydrogen) atoms. The molecule has 0 rings (SSSR count). The molecule has 0 fully saturated rings. The van der Waals surface area contributed by atoms with Gasteiger partial charge in [-0.25, -0.2) is 4.79 Å². The number of aliphatic hydroxyl groups excluding tert-OH is 1. The third kappa shape index (κ3) is 6.08. The largest absolute Gasteiger partial charge is 0.479 e. The summed E-state index contributed by atoms with van der Waals surface area (Å²) >= 11 is 0. The van der Waals surface area contributed by atoms with Crippen molar-refractivity contribution < 1.29 is 20.1 Å². The maximum atomic E-state index is 10.6. The molecule has 96 valence electrons. The highest BCUT2D eigenvalue weighted by atomic mass is 16.4. The lowest BCUT2D eigenvalue weighted by molar-refractivity contribution is -0.163. The van der Waals surface area contributed by atoms with Crippen molar-refractivity contribution in [2.45, 2.75) is 63.9 Å². The average molecular weight is 232 g/mol. The Balaban J connectivity index is 3.53. The lowest BCUT2D eigenvalue weighted by atomic mass is 9.96. The summed E-state index contributed by atoms with van der Waals surface area (Å²) in [7, 11) is 0. The first-order valence-corrected chi connectivity index (χ1v) is 6.13. The molecule has 1 atom stereocenters. The fraction of sp³-hybridized carbons (Fsp3) is 0.917. The normalized spacial score (nSPS) is 14.7. The van der Waals surface area contributed by atoms with Gasteiger partial charge in [0.2, 0.25) is 0 Å². The molecule has 0 amide bonds. The zero-order chi connectivity index (χ0) is 12.4. The van der Waals surface area contributed by atoms with Crippen LogP contribution in [0.15, 0.2) is 0 Å². The summed E-state index contributed by atoms with van der Waals surface area (Å²) in [6.45, 7) is 1.45. The predicted molar refractivity (Wildman–Crippen MR) is 62.3 cm³/mol. The Kier molecular flexibility index (Phi) is 8.21. The van der Waals surface area contributed by atoms with E-state index in [4.69, 9.17) is 10.2 Å². The van der Waals surface area contributed by atoms with Gasteiger partial charge in [0, 0.05) is 0 Å². The quantitative estimate of drug-likeness (QED) is 0.503. The van der Waals surface area contributed by atoms with Crippen LogP contribution in [-0.2, 0) is 4.79 Å². The third-order valence-corrected chi connectivity index (χ3v) is 2.85. The van der Waals surface area contributed by atoms with Gasteiger partial charge in [0.15, 0.2) is 5.60 Å². The van der Waals surface area contributed by atoms with Crippen LogP contribution in [0.2, 0.25) is 0 Å². The van der Waals surface area contributed by atoms with Crippen LogP contribution in [0.3, 0.4) is 0 Å². The zero-order valence-corrected chi connectivity index (χ0v) is 10.1. The summed E-state index contributed by atoms with van der Waals surface area (Å²) in [6.07, 6.45) is 7.61. The topological polar surface area (TPSA) is 77.8 Å². The van der Waals surface area contributed by atoms with E-state index in [-0.39, 0.29) is 6.42 Å². The van der Waals surface area contributed by atoms with Crippen molar-refractivity contribution in [1.29, 1.82) is 0 Å². The molecule has 0 spiro atoms. The van der Waals surface area contributed by atoms with E-state index >= 15 is 0 Å². The molecule has 0 aliphatic heterocycles. The van der Waals surface area contributed by atoms with Gasteiger partial charge >= 0.3 is 5.97 Å². The first-order valence-electron chi connectivity index (χ1n) is 6.13. The molecule has 4 heteroatoms. The van der Waals surface area contributed by atoms with Gasteiger partial charge in [-0.15, -0.1) is 0 Å². The molecule has 0 aliphatic rings. The van der Waals surface area contributed by atoms with E-state index in [1.54, 1.807) is 0 Å². The monoisotopic (exact) mass is 232 g/mol. The van der Waals surface area contributed by atoms with Crippen molar-refractivity contribution in [3.63, 3.8) is 0 Å². The van der Waals surface area contributed by atoms with Crippen molar-refractivity contribution in [3.8, 4) is 0 Å². The van der Waals surface area contributed by atoms with Gasteiger partial charge in [-0.05, 0) is 12.8 Å². The Morgan fingerprint density at radius 2 is 1.56 bits per heavy atom. The number of carboxylic acids is 1. The number of carbonyl (C=O) groups is 1. The lowest BCUT2D eigenvalue weighted by Gasteiger charge is -2.20. The molecule has 0 saturated heterocycles. The Morgan fingerprint density at radius 3 is 2.00 bits per heavy atom. The summed E-state index contributed by atoms with van der Waals surface area (Å²) in [5.74, 6) is -1.33. The predicted octanol–water partition coefficient (Wildman–Crippen LogP) is 1.94. The van der Waals surface area contributed by atoms with Crippen LogP contribution in [0, 0.1) is 0 Å². The van der Waals surface area contributed by atoms with Crippen LogP contribution >= 0.6 is 0 Å². The van der Waals surface area contributed by atoms with Gasteiger partial charge in [0.1, 0.15) is 0 Å². The van der Waals surface area contributed by atoms with E-state index in [2.05, 4.69) is 6.92 Å². The number of carboxylic acid groups (broad SMARTS) is 1. The first-order chi connectivity index (χ1) is 7.56. The SMILES string of the molecule is CCCCCCCCCC(O)(CO)C(=O)O. The smallest absolute Gasteiger partial charge is 0.338 e. The molecule has 3 N–H and O–H groups in total. The minimum atomic E-state index is -1.94. The summed E-state index contributed by atoms with van der Waals surface area (Å²) in [5.41, 5.74) is -1.94. The van der Waals surface area contributed by atoms with Crippen LogP contribution in [-0.4, -0.2) is 33.5 Å². The third-order valence-electron chi connectivity index (χ3n) is 2.85. The maximum Gasteiger partial charge on any atom is 0.338 e. The minimum absolute atomic E-state index is 0.132. The van der Waals surface area contributed by atoms with Crippen LogP contribution in [0.25, 0.3) is 0 Å². The average Bonchev–Trinajstić information content (AvgIpc) is 2.27.